The molecule has 0 bridgehead atoms. The molecule has 1 amide bonds. The van der Waals surface area contributed by atoms with Crippen LogP contribution >= 0.6 is 11.6 Å². The summed E-state index contributed by atoms with van der Waals surface area (Å²) in [6.45, 7) is 0. The van der Waals surface area contributed by atoms with Gasteiger partial charge in [0.25, 0.3) is 5.82 Å². The lowest BCUT2D eigenvalue weighted by atomic mass is 10.1. The number of sulfonamides is 1. The highest BCUT2D eigenvalue weighted by molar-refractivity contribution is 7.89. The van der Waals surface area contributed by atoms with Crippen LogP contribution in [0.15, 0.2) is 59.5 Å². The second kappa shape index (κ2) is 7.44. The third-order valence-electron chi connectivity index (χ3n) is 4.20. The van der Waals surface area contributed by atoms with Gasteiger partial charge in [0.1, 0.15) is 11.9 Å². The molecule has 0 aliphatic rings. The molecule has 1 aromatic heterocycles. The number of hydrogen-bond donors (Lipinski definition) is 2. The SMILES string of the molecule is C#CC(=O)[N+](C)(O)c1cc(-c2ccc(Cl)cc2)n(-c2ccccc2S(N)(=O)=O)n1. The van der Waals surface area contributed by atoms with Crippen molar-refractivity contribution in [3.8, 4) is 29.3 Å². The number of hydrogen-bond acceptors (Lipinski definition) is 5. The third-order valence-corrected chi connectivity index (χ3v) is 5.41. The van der Waals surface area contributed by atoms with Crippen LogP contribution in [-0.4, -0.2) is 36.4 Å². The zero-order valence-corrected chi connectivity index (χ0v) is 16.7. The minimum Gasteiger partial charge on any atom is -0.226 e. The maximum atomic E-state index is 12.1. The number of amides is 1. The molecule has 1 atom stereocenters. The van der Waals surface area contributed by atoms with Gasteiger partial charge in [-0.15, -0.1) is 11.5 Å². The number of para-hydroxylation sites is 1. The topological polar surface area (TPSA) is 115 Å². The van der Waals surface area contributed by atoms with E-state index in [0.29, 0.717) is 16.3 Å². The number of carbonyl (C=O) groups is 1. The van der Waals surface area contributed by atoms with E-state index in [-0.39, 0.29) is 16.4 Å². The third kappa shape index (κ3) is 3.93. The predicted octanol–water partition coefficient (Wildman–Crippen LogP) is 2.33. The van der Waals surface area contributed by atoms with Crippen LogP contribution in [0.25, 0.3) is 16.9 Å². The van der Waals surface area contributed by atoms with Crippen LogP contribution in [0.5, 0.6) is 0 Å². The fourth-order valence-electron chi connectivity index (χ4n) is 2.69. The molecule has 0 aliphatic carbocycles. The Balaban J connectivity index is 2.34. The van der Waals surface area contributed by atoms with Gasteiger partial charge >= 0.3 is 5.91 Å². The molecule has 148 valence electrons. The number of benzene rings is 2. The second-order valence-electron chi connectivity index (χ2n) is 6.23. The van der Waals surface area contributed by atoms with Gasteiger partial charge < -0.3 is 0 Å². The summed E-state index contributed by atoms with van der Waals surface area (Å²) in [5.41, 5.74) is 1.13. The maximum Gasteiger partial charge on any atom is 0.429 e. The van der Waals surface area contributed by atoms with Gasteiger partial charge in [0.05, 0.1) is 17.4 Å². The quantitative estimate of drug-likeness (QED) is 0.284. The Morgan fingerprint density at radius 2 is 1.86 bits per heavy atom. The maximum absolute atomic E-state index is 12.1. The van der Waals surface area contributed by atoms with E-state index in [9.17, 15) is 18.4 Å². The average Bonchev–Trinajstić information content (AvgIpc) is 3.13. The lowest BCUT2D eigenvalue weighted by Gasteiger charge is -2.15. The van der Waals surface area contributed by atoms with E-state index in [1.807, 2.05) is 5.92 Å². The van der Waals surface area contributed by atoms with Crippen molar-refractivity contribution >= 4 is 33.3 Å². The first-order valence-electron chi connectivity index (χ1n) is 8.15. The summed E-state index contributed by atoms with van der Waals surface area (Å²) >= 11 is 5.95. The van der Waals surface area contributed by atoms with E-state index in [0.717, 1.165) is 7.05 Å². The van der Waals surface area contributed by atoms with Crippen LogP contribution in [0.3, 0.4) is 0 Å². The molecule has 2 aromatic carbocycles. The molecule has 3 aromatic rings. The molecule has 1 heterocycles. The largest absolute Gasteiger partial charge is 0.429 e. The fraction of sp³-hybridized carbons (Fsp3) is 0.0526. The Bertz CT molecular complexity index is 1240. The first-order valence-corrected chi connectivity index (χ1v) is 10.1. The van der Waals surface area contributed by atoms with Gasteiger partial charge in [0, 0.05) is 16.5 Å². The monoisotopic (exact) mass is 431 g/mol. The van der Waals surface area contributed by atoms with Crippen LogP contribution in [-0.2, 0) is 14.8 Å². The predicted molar refractivity (Wildman–Crippen MR) is 109 cm³/mol. The van der Waals surface area contributed by atoms with Gasteiger partial charge in [-0.2, -0.15) is 0 Å². The summed E-state index contributed by atoms with van der Waals surface area (Å²) in [4.78, 5) is 11.8. The number of nitrogens with zero attached hydrogens (tertiary/aromatic N) is 3. The van der Waals surface area contributed by atoms with Crippen molar-refractivity contribution < 1.29 is 18.4 Å². The van der Waals surface area contributed by atoms with Gasteiger partial charge in [-0.1, -0.05) is 40.5 Å². The first kappa shape index (κ1) is 20.7. The molecule has 3 N–H and O–H groups in total. The van der Waals surface area contributed by atoms with Crippen LogP contribution in [0.1, 0.15) is 0 Å². The van der Waals surface area contributed by atoms with Crippen molar-refractivity contribution in [3.63, 3.8) is 0 Å². The summed E-state index contributed by atoms with van der Waals surface area (Å²) in [5, 5.41) is 20.7. The summed E-state index contributed by atoms with van der Waals surface area (Å²) in [6, 6.07) is 14.0. The zero-order valence-electron chi connectivity index (χ0n) is 15.2. The molecule has 29 heavy (non-hydrogen) atoms. The number of aromatic nitrogens is 2. The number of terminal acetylenes is 1. The summed E-state index contributed by atoms with van der Waals surface area (Å²) in [7, 11) is -2.92. The van der Waals surface area contributed by atoms with Crippen molar-refractivity contribution in [2.45, 2.75) is 4.90 Å². The van der Waals surface area contributed by atoms with Crippen molar-refractivity contribution in [2.24, 2.45) is 5.14 Å². The molecular weight excluding hydrogens is 416 g/mol. The average molecular weight is 432 g/mol. The molecule has 0 aliphatic heterocycles. The Morgan fingerprint density at radius 3 is 2.45 bits per heavy atom. The van der Waals surface area contributed by atoms with E-state index in [2.05, 4.69) is 5.10 Å². The number of halogens is 1. The van der Waals surface area contributed by atoms with E-state index in [1.54, 1.807) is 30.3 Å². The Morgan fingerprint density at radius 1 is 1.24 bits per heavy atom. The second-order valence-corrected chi connectivity index (χ2v) is 8.19. The fourth-order valence-corrected chi connectivity index (χ4v) is 3.53. The summed E-state index contributed by atoms with van der Waals surface area (Å²) in [5.74, 6) is 0.799. The lowest BCUT2D eigenvalue weighted by molar-refractivity contribution is -0.149. The number of carbonyl (C=O) groups excluding carboxylic acids is 1. The Kier molecular flexibility index (Phi) is 5.32. The number of hydroxylamine groups is 2. The van der Waals surface area contributed by atoms with Crippen molar-refractivity contribution in [3.05, 3.63) is 59.6 Å². The molecular formula is C19H16ClN4O4S+. The highest BCUT2D eigenvalue weighted by Crippen LogP contribution is 2.32. The van der Waals surface area contributed by atoms with Crippen molar-refractivity contribution in [1.29, 1.82) is 0 Å². The normalized spacial score (nSPS) is 13.5. The standard InChI is InChI=1S/C19H16ClN4O4S/c1-3-19(25)24(2,26)18-12-16(13-8-10-14(20)11-9-13)23(22-18)15-6-4-5-7-17(15)29(21,27)28/h1,4-12,26H,2H3,(H2,21,27,28)/q+1. The van der Waals surface area contributed by atoms with Crippen LogP contribution in [0, 0.1) is 12.3 Å². The molecule has 0 radical (unpaired) electrons. The van der Waals surface area contributed by atoms with Crippen molar-refractivity contribution in [2.75, 3.05) is 7.05 Å². The lowest BCUT2D eigenvalue weighted by Crippen LogP contribution is -2.47. The first-order chi connectivity index (χ1) is 13.6. The molecule has 3 rings (SSSR count). The van der Waals surface area contributed by atoms with E-state index in [4.69, 9.17) is 23.2 Å². The summed E-state index contributed by atoms with van der Waals surface area (Å²) < 4.78 is 24.1. The van der Waals surface area contributed by atoms with Gasteiger partial charge in [-0.3, -0.25) is 0 Å². The minimum absolute atomic E-state index is 0.109. The van der Waals surface area contributed by atoms with E-state index < -0.39 is 20.6 Å². The molecule has 8 nitrogen and oxygen atoms in total. The molecule has 0 fully saturated rings. The van der Waals surface area contributed by atoms with Gasteiger partial charge in [-0.05, 0) is 24.3 Å². The molecule has 0 spiro atoms. The highest BCUT2D eigenvalue weighted by atomic mass is 35.5. The number of rotatable bonds is 4. The van der Waals surface area contributed by atoms with E-state index >= 15 is 0 Å². The Labute approximate surface area is 172 Å². The van der Waals surface area contributed by atoms with Gasteiger partial charge in [0.15, 0.2) is 0 Å². The van der Waals surface area contributed by atoms with Gasteiger partial charge in [-0.25, -0.2) is 28.2 Å². The van der Waals surface area contributed by atoms with Crippen molar-refractivity contribution in [1.82, 2.24) is 14.4 Å². The van der Waals surface area contributed by atoms with Crippen LogP contribution in [0.4, 0.5) is 5.82 Å². The number of primary sulfonamides is 1. The zero-order chi connectivity index (χ0) is 21.4. The minimum atomic E-state index is -4.08. The molecule has 1 unspecified atom stereocenters. The van der Waals surface area contributed by atoms with Crippen LogP contribution in [0.2, 0.25) is 5.02 Å². The number of nitrogens with two attached hydrogens (primary N) is 1. The molecule has 10 heteroatoms. The van der Waals surface area contributed by atoms with Gasteiger partial charge in [0.2, 0.25) is 10.0 Å². The highest BCUT2D eigenvalue weighted by Gasteiger charge is 2.36. The molecule has 0 saturated carbocycles. The Hall–Kier alpha value is -3.00. The van der Waals surface area contributed by atoms with Crippen LogP contribution < -0.4 is 9.79 Å². The smallest absolute Gasteiger partial charge is 0.226 e. The van der Waals surface area contributed by atoms with E-state index in [1.165, 1.54) is 28.9 Å². The number of quaternary nitrogens is 1. The molecule has 0 saturated heterocycles. The summed E-state index contributed by atoms with van der Waals surface area (Å²) in [6.07, 6.45) is 5.14.